The number of nitrogens with one attached hydrogen (secondary N) is 1. The number of aryl methyl sites for hydroxylation is 2. The van der Waals surface area contributed by atoms with Crippen molar-refractivity contribution in [3.8, 4) is 0 Å². The molecule has 0 saturated carbocycles. The van der Waals surface area contributed by atoms with Crippen LogP contribution in [0.5, 0.6) is 0 Å². The number of aromatic nitrogens is 2. The monoisotopic (exact) mass is 426 g/mol. The minimum atomic E-state index is -0.317. The predicted octanol–water partition coefficient (Wildman–Crippen LogP) is 2.18. The molecule has 3 aromatic rings. The molecule has 1 N–H and O–H groups in total. The molecule has 0 bridgehead atoms. The quantitative estimate of drug-likeness (QED) is 0.592. The minimum absolute atomic E-state index is 0.0627. The number of carbonyl (C=O) groups excluding carboxylic acids is 2. The van der Waals surface area contributed by atoms with Gasteiger partial charge < -0.3 is 28.5 Å². The van der Waals surface area contributed by atoms with Crippen molar-refractivity contribution < 1.29 is 23.3 Å². The SMILES string of the molecule is COCCN1C(=O)c2cccn2CC1CNC(=O)c1ccc(Cc2c(C)noc2C)o1. The Hall–Kier alpha value is -3.33. The summed E-state index contributed by atoms with van der Waals surface area (Å²) in [5.74, 6) is 1.25. The summed E-state index contributed by atoms with van der Waals surface area (Å²) in [5.41, 5.74) is 2.41. The van der Waals surface area contributed by atoms with Gasteiger partial charge in [0.25, 0.3) is 11.8 Å². The van der Waals surface area contributed by atoms with Crippen LogP contribution in [0, 0.1) is 13.8 Å². The van der Waals surface area contributed by atoms with Crippen molar-refractivity contribution in [2.45, 2.75) is 32.9 Å². The molecule has 4 heterocycles. The largest absolute Gasteiger partial charge is 0.456 e. The second-order valence-corrected chi connectivity index (χ2v) is 7.65. The Morgan fingerprint density at radius 3 is 2.90 bits per heavy atom. The van der Waals surface area contributed by atoms with Crippen molar-refractivity contribution in [1.82, 2.24) is 19.9 Å². The first-order valence-corrected chi connectivity index (χ1v) is 10.2. The van der Waals surface area contributed by atoms with Gasteiger partial charge in [-0.25, -0.2) is 0 Å². The minimum Gasteiger partial charge on any atom is -0.456 e. The van der Waals surface area contributed by atoms with Crippen LogP contribution in [0.2, 0.25) is 0 Å². The zero-order valence-corrected chi connectivity index (χ0v) is 17.9. The van der Waals surface area contributed by atoms with Crippen molar-refractivity contribution in [3.05, 3.63) is 64.7 Å². The Bertz CT molecular complexity index is 1060. The highest BCUT2D eigenvalue weighted by atomic mass is 16.5. The highest BCUT2D eigenvalue weighted by Gasteiger charge is 2.32. The van der Waals surface area contributed by atoms with Crippen LogP contribution >= 0.6 is 0 Å². The first kappa shape index (κ1) is 20.9. The van der Waals surface area contributed by atoms with E-state index in [1.165, 1.54) is 0 Å². The fourth-order valence-electron chi connectivity index (χ4n) is 3.88. The highest BCUT2D eigenvalue weighted by Crippen LogP contribution is 2.20. The number of ether oxygens (including phenoxy) is 1. The molecule has 164 valence electrons. The van der Waals surface area contributed by atoms with E-state index in [4.69, 9.17) is 13.7 Å². The van der Waals surface area contributed by atoms with Crippen molar-refractivity contribution >= 4 is 11.8 Å². The lowest BCUT2D eigenvalue weighted by Gasteiger charge is -2.36. The third-order valence-electron chi connectivity index (χ3n) is 5.61. The number of rotatable bonds is 8. The van der Waals surface area contributed by atoms with Gasteiger partial charge in [0.1, 0.15) is 17.2 Å². The fraction of sp³-hybridized carbons (Fsp3) is 0.409. The number of carbonyl (C=O) groups is 2. The molecule has 0 radical (unpaired) electrons. The molecule has 3 aromatic heterocycles. The van der Waals surface area contributed by atoms with Crippen LogP contribution in [0.3, 0.4) is 0 Å². The molecule has 31 heavy (non-hydrogen) atoms. The Kier molecular flexibility index (Phi) is 5.94. The summed E-state index contributed by atoms with van der Waals surface area (Å²) in [6.45, 7) is 5.53. The molecule has 4 rings (SSSR count). The van der Waals surface area contributed by atoms with Gasteiger partial charge in [0, 0.05) is 44.9 Å². The van der Waals surface area contributed by atoms with Crippen LogP contribution < -0.4 is 5.32 Å². The lowest BCUT2D eigenvalue weighted by Crippen LogP contribution is -2.53. The number of hydrogen-bond acceptors (Lipinski definition) is 6. The number of fused-ring (bicyclic) bond motifs is 1. The van der Waals surface area contributed by atoms with Gasteiger partial charge in [-0.15, -0.1) is 0 Å². The van der Waals surface area contributed by atoms with E-state index >= 15 is 0 Å². The van der Waals surface area contributed by atoms with Crippen LogP contribution in [0.25, 0.3) is 0 Å². The molecular formula is C22H26N4O5. The van der Waals surface area contributed by atoms with Crippen molar-refractivity contribution in [2.75, 3.05) is 26.8 Å². The normalized spacial score (nSPS) is 15.9. The second-order valence-electron chi connectivity index (χ2n) is 7.65. The lowest BCUT2D eigenvalue weighted by atomic mass is 10.1. The van der Waals surface area contributed by atoms with E-state index in [2.05, 4.69) is 10.5 Å². The molecule has 1 atom stereocenters. The molecular weight excluding hydrogens is 400 g/mol. The summed E-state index contributed by atoms with van der Waals surface area (Å²) in [6.07, 6.45) is 2.38. The van der Waals surface area contributed by atoms with E-state index < -0.39 is 0 Å². The Balaban J connectivity index is 1.41. The molecule has 2 amide bonds. The van der Waals surface area contributed by atoms with E-state index in [0.29, 0.717) is 44.1 Å². The van der Waals surface area contributed by atoms with Crippen molar-refractivity contribution in [3.63, 3.8) is 0 Å². The Morgan fingerprint density at radius 2 is 2.16 bits per heavy atom. The zero-order chi connectivity index (χ0) is 22.0. The Labute approximate surface area is 179 Å². The van der Waals surface area contributed by atoms with Crippen LogP contribution in [0.1, 0.15) is 43.8 Å². The van der Waals surface area contributed by atoms with Gasteiger partial charge >= 0.3 is 0 Å². The van der Waals surface area contributed by atoms with Crippen molar-refractivity contribution in [1.29, 1.82) is 0 Å². The van der Waals surface area contributed by atoms with E-state index in [-0.39, 0.29) is 23.6 Å². The van der Waals surface area contributed by atoms with Gasteiger partial charge in [0.15, 0.2) is 5.76 Å². The molecule has 1 aliphatic heterocycles. The maximum absolute atomic E-state index is 12.8. The standard InChI is InChI=1S/C22H26N4O5/c1-14-18(15(2)31-24-14)11-17-6-7-20(30-17)21(27)23-12-16-13-25-8-4-5-19(25)22(28)26(16)9-10-29-3/h4-8,16H,9-13H2,1-3H3,(H,23,27). The fourth-order valence-corrected chi connectivity index (χ4v) is 3.88. The first-order chi connectivity index (χ1) is 15.0. The summed E-state index contributed by atoms with van der Waals surface area (Å²) in [4.78, 5) is 27.2. The summed E-state index contributed by atoms with van der Waals surface area (Å²) in [7, 11) is 1.60. The van der Waals surface area contributed by atoms with Gasteiger partial charge in [-0.1, -0.05) is 5.16 Å². The number of amides is 2. The number of nitrogens with zero attached hydrogens (tertiary/aromatic N) is 3. The number of hydrogen-bond donors (Lipinski definition) is 1. The third kappa shape index (κ3) is 4.27. The van der Waals surface area contributed by atoms with Gasteiger partial charge in [-0.3, -0.25) is 9.59 Å². The van der Waals surface area contributed by atoms with Crippen LogP contribution in [0.4, 0.5) is 0 Å². The van der Waals surface area contributed by atoms with Gasteiger partial charge in [0.05, 0.1) is 18.3 Å². The molecule has 0 aliphatic carbocycles. The molecule has 1 unspecified atom stereocenters. The third-order valence-corrected chi connectivity index (χ3v) is 5.61. The van der Waals surface area contributed by atoms with Crippen LogP contribution in [-0.4, -0.2) is 59.3 Å². The molecule has 0 fully saturated rings. The van der Waals surface area contributed by atoms with Gasteiger partial charge in [0.2, 0.25) is 0 Å². The zero-order valence-electron chi connectivity index (χ0n) is 17.9. The lowest BCUT2D eigenvalue weighted by molar-refractivity contribution is 0.0503. The summed E-state index contributed by atoms with van der Waals surface area (Å²) in [6, 6.07) is 6.92. The molecule has 0 saturated heterocycles. The number of methoxy groups -OCH3 is 1. The molecule has 0 spiro atoms. The smallest absolute Gasteiger partial charge is 0.287 e. The van der Waals surface area contributed by atoms with E-state index in [9.17, 15) is 9.59 Å². The van der Waals surface area contributed by atoms with Gasteiger partial charge in [-0.2, -0.15) is 0 Å². The maximum atomic E-state index is 12.8. The van der Waals surface area contributed by atoms with E-state index in [1.54, 1.807) is 30.2 Å². The number of furan rings is 1. The van der Waals surface area contributed by atoms with Crippen LogP contribution in [0.15, 0.2) is 39.4 Å². The summed E-state index contributed by atoms with van der Waals surface area (Å²) < 4.78 is 18.0. The predicted molar refractivity (Wildman–Crippen MR) is 111 cm³/mol. The second kappa shape index (κ2) is 8.81. The highest BCUT2D eigenvalue weighted by molar-refractivity contribution is 5.94. The van der Waals surface area contributed by atoms with E-state index in [1.807, 2.05) is 30.7 Å². The Morgan fingerprint density at radius 1 is 1.32 bits per heavy atom. The first-order valence-electron chi connectivity index (χ1n) is 10.2. The van der Waals surface area contributed by atoms with Gasteiger partial charge in [-0.05, 0) is 38.1 Å². The maximum Gasteiger partial charge on any atom is 0.287 e. The average Bonchev–Trinajstić information content (AvgIpc) is 3.49. The summed E-state index contributed by atoms with van der Waals surface area (Å²) in [5, 5.41) is 6.84. The molecule has 9 heteroatoms. The van der Waals surface area contributed by atoms with Crippen molar-refractivity contribution in [2.24, 2.45) is 0 Å². The van der Waals surface area contributed by atoms with E-state index in [0.717, 1.165) is 17.0 Å². The average molecular weight is 426 g/mol. The topological polar surface area (TPSA) is 103 Å². The van der Waals surface area contributed by atoms with Crippen LogP contribution in [-0.2, 0) is 17.7 Å². The summed E-state index contributed by atoms with van der Waals surface area (Å²) >= 11 is 0. The molecule has 0 aromatic carbocycles. The molecule has 9 nitrogen and oxygen atoms in total. The molecule has 1 aliphatic rings.